The normalized spacial score (nSPS) is 13.3. The molecule has 0 aliphatic rings. The van der Waals surface area contributed by atoms with E-state index in [2.05, 4.69) is 0 Å². The van der Waals surface area contributed by atoms with Crippen LogP contribution in [0.4, 0.5) is 61.5 Å². The molecule has 0 aliphatic heterocycles. The zero-order chi connectivity index (χ0) is 36.7. The molecule has 0 N–H and O–H groups in total. The molecule has 0 spiro atoms. The topological polar surface area (TPSA) is 68.3 Å². The Morgan fingerprint density at radius 2 is 0.812 bits per heavy atom. The van der Waals surface area contributed by atoms with Crippen molar-refractivity contribution < 1.29 is 80.6 Å². The highest BCUT2D eigenvalue weighted by Gasteiger charge is 2.76. The van der Waals surface area contributed by atoms with E-state index in [9.17, 15) is 80.6 Å². The number of halogens is 14. The lowest BCUT2D eigenvalue weighted by Gasteiger charge is -2.26. The van der Waals surface area contributed by atoms with Gasteiger partial charge in [0.25, 0.3) is 0 Å². The van der Waals surface area contributed by atoms with Crippen molar-refractivity contribution in [2.24, 2.45) is 0 Å². The predicted molar refractivity (Wildman–Crippen MR) is 137 cm³/mol. The molecule has 0 amide bonds. The fourth-order valence-corrected chi connectivity index (χ4v) is 4.09. The maximum Gasteiger partial charge on any atom is 0.460 e. The van der Waals surface area contributed by atoms with Crippen LogP contribution in [-0.2, 0) is 9.59 Å². The molecule has 3 rings (SSSR count). The van der Waals surface area contributed by atoms with Crippen molar-refractivity contribution in [2.75, 3.05) is 0 Å². The zero-order valence-electron chi connectivity index (χ0n) is 23.3. The minimum Gasteiger partial charge on any atom is -0.294 e. The Bertz CT molecular complexity index is 1710. The van der Waals surface area contributed by atoms with Crippen LogP contribution in [-0.4, -0.2) is 59.2 Å². The Kier molecular flexibility index (Phi) is 10.1. The largest absolute Gasteiger partial charge is 0.460 e. The van der Waals surface area contributed by atoms with E-state index in [1.165, 1.54) is 30.3 Å². The Morgan fingerprint density at radius 1 is 0.438 bits per heavy atom. The maximum atomic E-state index is 13.8. The molecule has 0 atom stereocenters. The van der Waals surface area contributed by atoms with E-state index in [4.69, 9.17) is 0 Å². The summed E-state index contributed by atoms with van der Waals surface area (Å²) >= 11 is 0. The molecule has 0 aromatic heterocycles. The van der Waals surface area contributed by atoms with E-state index < -0.39 is 83.1 Å². The standard InChI is InChI=1S/C30H16F14O4/c31-25(32,27(35,36)29(39,40)41)23(47)13-21(45)17-8-6-16(7-9-17)19-11-10-18(12-20(19)15-4-2-1-3-5-15)22(46)14-24(48)26(33,34)28(37,38)30(42,43)44/h1-12H,13-14H2. The monoisotopic (exact) mass is 706 g/mol. The van der Waals surface area contributed by atoms with Gasteiger partial charge in [0.15, 0.2) is 11.6 Å². The molecule has 0 heterocycles. The number of benzene rings is 3. The maximum absolute atomic E-state index is 13.8. The third kappa shape index (κ3) is 6.96. The van der Waals surface area contributed by atoms with Crippen molar-refractivity contribution in [2.45, 2.75) is 48.9 Å². The molecule has 258 valence electrons. The van der Waals surface area contributed by atoms with Gasteiger partial charge in [-0.2, -0.15) is 61.5 Å². The summed E-state index contributed by atoms with van der Waals surface area (Å²) in [5.74, 6) is -35.3. The number of ketones is 4. The first-order valence-electron chi connectivity index (χ1n) is 12.8. The van der Waals surface area contributed by atoms with Gasteiger partial charge in [-0.05, 0) is 28.3 Å². The molecule has 4 nitrogen and oxygen atoms in total. The summed E-state index contributed by atoms with van der Waals surface area (Å²) in [6.45, 7) is 0. The van der Waals surface area contributed by atoms with Crippen molar-refractivity contribution in [3.8, 4) is 22.3 Å². The van der Waals surface area contributed by atoms with Crippen LogP contribution >= 0.6 is 0 Å². The van der Waals surface area contributed by atoms with Gasteiger partial charge in [0, 0.05) is 11.1 Å². The summed E-state index contributed by atoms with van der Waals surface area (Å²) in [5.41, 5.74) is -0.563. The lowest BCUT2D eigenvalue weighted by Crippen LogP contribution is -2.56. The summed E-state index contributed by atoms with van der Waals surface area (Å²) < 4.78 is 182. The highest BCUT2D eigenvalue weighted by atomic mass is 19.4. The highest BCUT2D eigenvalue weighted by molar-refractivity contribution is 6.12. The Balaban J connectivity index is 1.93. The van der Waals surface area contributed by atoms with Gasteiger partial charge in [-0.3, -0.25) is 19.2 Å². The first-order valence-corrected chi connectivity index (χ1v) is 12.8. The summed E-state index contributed by atoms with van der Waals surface area (Å²) in [7, 11) is 0. The number of carbonyl (C=O) groups excluding carboxylic acids is 4. The van der Waals surface area contributed by atoms with Crippen molar-refractivity contribution >= 4 is 23.1 Å². The SMILES string of the molecule is O=C(CC(=O)C(F)(F)C(F)(F)C(F)(F)F)c1ccc(-c2ccc(C(=O)CC(=O)C(F)(F)C(F)(F)C(F)(F)F)cc2-c2ccccc2)cc1. The van der Waals surface area contributed by atoms with E-state index in [1.54, 1.807) is 0 Å². The van der Waals surface area contributed by atoms with Crippen LogP contribution < -0.4 is 0 Å². The van der Waals surface area contributed by atoms with Crippen LogP contribution in [0.3, 0.4) is 0 Å². The minimum atomic E-state index is -6.82. The first-order chi connectivity index (χ1) is 21.8. The molecule has 0 aliphatic carbocycles. The fourth-order valence-electron chi connectivity index (χ4n) is 4.09. The highest BCUT2D eigenvalue weighted by Crippen LogP contribution is 2.48. The van der Waals surface area contributed by atoms with Gasteiger partial charge in [-0.15, -0.1) is 0 Å². The van der Waals surface area contributed by atoms with Crippen molar-refractivity contribution in [3.63, 3.8) is 0 Å². The van der Waals surface area contributed by atoms with Gasteiger partial charge in [-0.25, -0.2) is 0 Å². The zero-order valence-corrected chi connectivity index (χ0v) is 23.3. The van der Waals surface area contributed by atoms with E-state index in [0.29, 0.717) is 0 Å². The molecule has 0 fully saturated rings. The quantitative estimate of drug-likeness (QED) is 0.107. The second-order valence-corrected chi connectivity index (χ2v) is 10.0. The number of hydrogen-bond donors (Lipinski definition) is 0. The second kappa shape index (κ2) is 12.8. The smallest absolute Gasteiger partial charge is 0.294 e. The Labute approximate surface area is 259 Å². The van der Waals surface area contributed by atoms with E-state index in [1.807, 2.05) is 0 Å². The fraction of sp³-hybridized carbons (Fsp3) is 0.267. The van der Waals surface area contributed by atoms with Gasteiger partial charge < -0.3 is 0 Å². The number of Topliss-reactive ketones (excluding diaryl/α,β-unsaturated/α-hetero) is 4. The molecule has 18 heteroatoms. The molecule has 0 unspecified atom stereocenters. The number of hydrogen-bond acceptors (Lipinski definition) is 4. The second-order valence-electron chi connectivity index (χ2n) is 10.0. The molecule has 48 heavy (non-hydrogen) atoms. The van der Waals surface area contributed by atoms with Gasteiger partial charge >= 0.3 is 36.0 Å². The Hall–Kier alpha value is -4.64. The predicted octanol–water partition coefficient (Wildman–Crippen LogP) is 8.97. The molecule has 3 aromatic carbocycles. The van der Waals surface area contributed by atoms with Crippen molar-refractivity contribution in [1.29, 1.82) is 0 Å². The molecule has 0 saturated carbocycles. The van der Waals surface area contributed by atoms with E-state index in [-0.39, 0.29) is 22.3 Å². The first kappa shape index (κ1) is 37.8. The average molecular weight is 706 g/mol. The summed E-state index contributed by atoms with van der Waals surface area (Å²) in [4.78, 5) is 48.3. The summed E-state index contributed by atoms with van der Waals surface area (Å²) in [6.07, 6.45) is -17.7. The van der Waals surface area contributed by atoms with E-state index in [0.717, 1.165) is 42.5 Å². The van der Waals surface area contributed by atoms with Crippen LogP contribution in [0.1, 0.15) is 33.6 Å². The van der Waals surface area contributed by atoms with Crippen LogP contribution in [0.15, 0.2) is 72.8 Å². The molecular formula is C30H16F14O4. The van der Waals surface area contributed by atoms with Gasteiger partial charge in [-0.1, -0.05) is 66.7 Å². The van der Waals surface area contributed by atoms with Gasteiger partial charge in [0.1, 0.15) is 0 Å². The molecule has 0 radical (unpaired) electrons. The van der Waals surface area contributed by atoms with Crippen molar-refractivity contribution in [1.82, 2.24) is 0 Å². The average Bonchev–Trinajstić information content (AvgIpc) is 2.99. The lowest BCUT2D eigenvalue weighted by molar-refractivity contribution is -0.343. The molecule has 0 saturated heterocycles. The summed E-state index contributed by atoms with van der Waals surface area (Å²) in [6, 6.07) is 14.3. The van der Waals surface area contributed by atoms with E-state index >= 15 is 0 Å². The van der Waals surface area contributed by atoms with Crippen molar-refractivity contribution in [3.05, 3.63) is 83.9 Å². The lowest BCUT2D eigenvalue weighted by atomic mass is 9.90. The Morgan fingerprint density at radius 3 is 1.23 bits per heavy atom. The van der Waals surface area contributed by atoms with Crippen LogP contribution in [0.2, 0.25) is 0 Å². The molecule has 3 aromatic rings. The summed E-state index contributed by atoms with van der Waals surface area (Å²) in [5, 5.41) is 0. The molecular weight excluding hydrogens is 690 g/mol. The van der Waals surface area contributed by atoms with Gasteiger partial charge in [0.05, 0.1) is 12.8 Å². The number of rotatable bonds is 12. The molecule has 0 bridgehead atoms. The van der Waals surface area contributed by atoms with Crippen LogP contribution in [0.25, 0.3) is 22.3 Å². The number of carbonyl (C=O) groups is 4. The van der Waals surface area contributed by atoms with Gasteiger partial charge in [0.2, 0.25) is 11.6 Å². The number of alkyl halides is 14. The van der Waals surface area contributed by atoms with Crippen LogP contribution in [0, 0.1) is 0 Å². The third-order valence-electron chi connectivity index (χ3n) is 6.79. The van der Waals surface area contributed by atoms with Crippen LogP contribution in [0.5, 0.6) is 0 Å². The third-order valence-corrected chi connectivity index (χ3v) is 6.79. The minimum absolute atomic E-state index is 0.0598.